The fourth-order valence-electron chi connectivity index (χ4n) is 7.93. The van der Waals surface area contributed by atoms with E-state index in [2.05, 4.69) is 93.7 Å². The van der Waals surface area contributed by atoms with Crippen LogP contribution in [0.15, 0.2) is 72.9 Å². The lowest BCUT2D eigenvalue weighted by atomic mass is 10.1. The summed E-state index contributed by atoms with van der Waals surface area (Å²) in [6.45, 7) is 6.50. The van der Waals surface area contributed by atoms with Gasteiger partial charge in [-0.1, -0.05) is 241 Å². The minimum absolute atomic E-state index is 0.0858. The first-order valence-electron chi connectivity index (χ1n) is 28.4. The molecule has 67 heavy (non-hydrogen) atoms. The van der Waals surface area contributed by atoms with Crippen LogP contribution in [0.5, 0.6) is 0 Å². The molecule has 386 valence electrons. The topological polar surface area (TPSA) is 78.9 Å². The van der Waals surface area contributed by atoms with Gasteiger partial charge in [0.05, 0.1) is 0 Å². The average molecular weight is 936 g/mol. The first-order valence-corrected chi connectivity index (χ1v) is 28.4. The maximum Gasteiger partial charge on any atom is 0.306 e. The Kier molecular flexibility index (Phi) is 52.8. The number of unbranched alkanes of at least 4 members (excludes halogenated alkanes) is 28. The molecule has 0 aromatic rings. The van der Waals surface area contributed by atoms with Gasteiger partial charge in [0.1, 0.15) is 13.2 Å². The summed E-state index contributed by atoms with van der Waals surface area (Å²) >= 11 is 0. The van der Waals surface area contributed by atoms with Gasteiger partial charge in [-0.15, -0.1) is 0 Å². The van der Waals surface area contributed by atoms with Crippen molar-refractivity contribution in [2.24, 2.45) is 0 Å². The Balaban J connectivity index is 4.40. The van der Waals surface area contributed by atoms with E-state index in [-0.39, 0.29) is 31.1 Å². The molecule has 0 saturated heterocycles. The highest BCUT2D eigenvalue weighted by molar-refractivity contribution is 5.71. The third-order valence-corrected chi connectivity index (χ3v) is 12.2. The normalized spacial score (nSPS) is 12.6. The van der Waals surface area contributed by atoms with Crippen LogP contribution in [0.2, 0.25) is 0 Å². The van der Waals surface area contributed by atoms with Crippen LogP contribution in [-0.4, -0.2) is 37.2 Å². The molecule has 0 aliphatic carbocycles. The van der Waals surface area contributed by atoms with Crippen molar-refractivity contribution in [2.45, 2.75) is 284 Å². The summed E-state index contributed by atoms with van der Waals surface area (Å²) in [4.78, 5) is 38.1. The van der Waals surface area contributed by atoms with Crippen molar-refractivity contribution >= 4 is 17.9 Å². The lowest BCUT2D eigenvalue weighted by Crippen LogP contribution is -2.30. The highest BCUT2D eigenvalue weighted by Crippen LogP contribution is 2.15. The zero-order chi connectivity index (χ0) is 48.6. The zero-order valence-corrected chi connectivity index (χ0v) is 44.2. The fraction of sp³-hybridized carbons (Fsp3) is 0.754. The van der Waals surface area contributed by atoms with Crippen molar-refractivity contribution in [3.63, 3.8) is 0 Å². The summed E-state index contributed by atoms with van der Waals surface area (Å²) in [5.74, 6) is -0.917. The van der Waals surface area contributed by atoms with Gasteiger partial charge in [-0.2, -0.15) is 0 Å². The number of hydrogen-bond acceptors (Lipinski definition) is 6. The van der Waals surface area contributed by atoms with Gasteiger partial charge in [0, 0.05) is 19.3 Å². The number of hydrogen-bond donors (Lipinski definition) is 0. The van der Waals surface area contributed by atoms with Gasteiger partial charge >= 0.3 is 17.9 Å². The summed E-state index contributed by atoms with van der Waals surface area (Å²) < 4.78 is 16.8. The van der Waals surface area contributed by atoms with Crippen LogP contribution in [0.1, 0.15) is 278 Å². The Labute approximate surface area is 414 Å². The quantitative estimate of drug-likeness (QED) is 0.0262. The van der Waals surface area contributed by atoms with Gasteiger partial charge in [-0.25, -0.2) is 0 Å². The SMILES string of the molecule is CC/C=C\C/C=C\C/C=C\C/C=C\C/C=C\CCCCCC(=O)OCC(COC(=O)CCCCCCCCCCCCC)OC(=O)CCCCCCCCC/C=C\CCCCCCCCCC. The van der Waals surface area contributed by atoms with Gasteiger partial charge in [-0.05, 0) is 89.9 Å². The molecular weight excluding hydrogens is 829 g/mol. The Morgan fingerprint density at radius 1 is 0.313 bits per heavy atom. The highest BCUT2D eigenvalue weighted by Gasteiger charge is 2.19. The van der Waals surface area contributed by atoms with Crippen LogP contribution in [0.25, 0.3) is 0 Å². The molecule has 0 radical (unpaired) electrons. The van der Waals surface area contributed by atoms with Gasteiger partial charge in [0.2, 0.25) is 0 Å². The van der Waals surface area contributed by atoms with Crippen LogP contribution < -0.4 is 0 Å². The summed E-state index contributed by atoms with van der Waals surface area (Å²) in [6.07, 6.45) is 70.3. The van der Waals surface area contributed by atoms with Crippen molar-refractivity contribution in [3.8, 4) is 0 Å². The van der Waals surface area contributed by atoms with Crippen molar-refractivity contribution in [2.75, 3.05) is 13.2 Å². The minimum Gasteiger partial charge on any atom is -0.462 e. The molecule has 0 heterocycles. The average Bonchev–Trinajstić information content (AvgIpc) is 3.33. The molecule has 0 aliphatic rings. The molecule has 0 bridgehead atoms. The van der Waals surface area contributed by atoms with Crippen molar-refractivity contribution < 1.29 is 28.6 Å². The summed E-state index contributed by atoms with van der Waals surface area (Å²) in [5, 5.41) is 0. The Hall–Kier alpha value is -3.15. The standard InChI is InChI=1S/C61H106O6/c1-4-7-10-13-16-19-22-24-26-28-30-32-34-36-39-42-45-48-51-54-60(63)66-57-58(56-65-59(62)53-50-47-44-41-38-21-18-15-12-9-6-3)67-61(64)55-52-49-46-43-40-37-35-33-31-29-27-25-23-20-17-14-11-8-5-2/h7,10,16,19,24,26,29-32,36,39,58H,4-6,8-9,11-15,17-18,20-23,25,27-28,33-35,37-38,40-57H2,1-3H3/b10-7-,19-16-,26-24-,31-29-,32-30-,39-36-. The summed E-state index contributed by atoms with van der Waals surface area (Å²) in [7, 11) is 0. The molecule has 0 N–H and O–H groups in total. The van der Waals surface area contributed by atoms with Crippen molar-refractivity contribution in [3.05, 3.63) is 72.9 Å². The molecule has 6 nitrogen and oxygen atoms in total. The predicted molar refractivity (Wildman–Crippen MR) is 288 cm³/mol. The van der Waals surface area contributed by atoms with E-state index in [1.54, 1.807) is 0 Å². The smallest absolute Gasteiger partial charge is 0.306 e. The molecule has 0 spiro atoms. The van der Waals surface area contributed by atoms with Crippen molar-refractivity contribution in [1.82, 2.24) is 0 Å². The lowest BCUT2D eigenvalue weighted by Gasteiger charge is -2.18. The largest absolute Gasteiger partial charge is 0.462 e. The maximum atomic E-state index is 12.8. The van der Waals surface area contributed by atoms with Crippen LogP contribution in [0.3, 0.4) is 0 Å². The number of carbonyl (C=O) groups is 3. The van der Waals surface area contributed by atoms with E-state index >= 15 is 0 Å². The second-order valence-corrected chi connectivity index (χ2v) is 18.8. The number of esters is 3. The molecule has 6 heteroatoms. The van der Waals surface area contributed by atoms with Crippen LogP contribution in [0.4, 0.5) is 0 Å². The van der Waals surface area contributed by atoms with E-state index in [9.17, 15) is 14.4 Å². The zero-order valence-electron chi connectivity index (χ0n) is 44.2. The number of ether oxygens (including phenoxy) is 3. The van der Waals surface area contributed by atoms with Gasteiger partial charge < -0.3 is 14.2 Å². The lowest BCUT2D eigenvalue weighted by molar-refractivity contribution is -0.167. The van der Waals surface area contributed by atoms with E-state index in [0.717, 1.165) is 96.3 Å². The summed E-state index contributed by atoms with van der Waals surface area (Å²) in [5.41, 5.74) is 0. The second kappa shape index (κ2) is 55.4. The number of rotatable bonds is 51. The Morgan fingerprint density at radius 2 is 0.582 bits per heavy atom. The van der Waals surface area contributed by atoms with Crippen molar-refractivity contribution in [1.29, 1.82) is 0 Å². The molecule has 1 unspecified atom stereocenters. The Morgan fingerprint density at radius 3 is 0.940 bits per heavy atom. The first kappa shape index (κ1) is 63.8. The minimum atomic E-state index is -0.789. The number of carbonyl (C=O) groups excluding carboxylic acids is 3. The third kappa shape index (κ3) is 53.7. The number of allylic oxidation sites excluding steroid dienone is 12. The molecule has 0 saturated carbocycles. The molecule has 0 amide bonds. The van der Waals surface area contributed by atoms with Gasteiger partial charge in [0.15, 0.2) is 6.10 Å². The van der Waals surface area contributed by atoms with Gasteiger partial charge in [-0.3, -0.25) is 14.4 Å². The van der Waals surface area contributed by atoms with E-state index in [4.69, 9.17) is 14.2 Å². The molecule has 0 aromatic carbocycles. The first-order chi connectivity index (χ1) is 33.0. The van der Waals surface area contributed by atoms with Gasteiger partial charge in [0.25, 0.3) is 0 Å². The molecule has 0 aliphatic heterocycles. The molecule has 0 aromatic heterocycles. The van der Waals surface area contributed by atoms with E-state index in [0.29, 0.717) is 19.3 Å². The molecule has 0 rings (SSSR count). The Bertz CT molecular complexity index is 1260. The maximum absolute atomic E-state index is 12.8. The van der Waals surface area contributed by atoms with E-state index < -0.39 is 6.10 Å². The van der Waals surface area contributed by atoms with Crippen LogP contribution in [-0.2, 0) is 28.6 Å². The van der Waals surface area contributed by atoms with Crippen LogP contribution in [0, 0.1) is 0 Å². The summed E-state index contributed by atoms with van der Waals surface area (Å²) in [6, 6.07) is 0. The van der Waals surface area contributed by atoms with Crippen LogP contribution >= 0.6 is 0 Å². The van der Waals surface area contributed by atoms with E-state index in [1.165, 1.54) is 141 Å². The molecular formula is C61H106O6. The second-order valence-electron chi connectivity index (χ2n) is 18.8. The predicted octanol–water partition coefficient (Wildman–Crippen LogP) is 19.0. The fourth-order valence-corrected chi connectivity index (χ4v) is 7.93. The highest BCUT2D eigenvalue weighted by atomic mass is 16.6. The third-order valence-electron chi connectivity index (χ3n) is 12.2. The van der Waals surface area contributed by atoms with E-state index in [1.807, 2.05) is 0 Å². The monoisotopic (exact) mass is 935 g/mol. The molecule has 1 atom stereocenters. The molecule has 0 fully saturated rings.